The predicted octanol–water partition coefficient (Wildman–Crippen LogP) is 6.00. The monoisotopic (exact) mass is 463 g/mol. The van der Waals surface area contributed by atoms with Gasteiger partial charge in [0.15, 0.2) is 5.11 Å². The number of hydrogen-bond acceptors (Lipinski definition) is 3. The van der Waals surface area contributed by atoms with E-state index in [4.69, 9.17) is 28.6 Å². The number of halogens is 2. The molecule has 1 fully saturated rings. The molecular weight excluding hydrogens is 433 g/mol. The van der Waals surface area contributed by atoms with E-state index in [0.717, 1.165) is 18.5 Å². The number of methoxy groups -OCH3 is 1. The molecule has 168 valence electrons. The summed E-state index contributed by atoms with van der Waals surface area (Å²) in [5.74, 6) is 0.374. The second-order valence-corrected chi connectivity index (χ2v) is 10.3. The zero-order chi connectivity index (χ0) is 22.8. The molecule has 0 amide bonds. The first-order valence-electron chi connectivity index (χ1n) is 10.4. The van der Waals surface area contributed by atoms with E-state index in [1.165, 1.54) is 6.07 Å². The average Bonchev–Trinajstić information content (AvgIpc) is 2.66. The fraction of sp³-hybridized carbons (Fsp3) is 0.458. The molecule has 1 heterocycles. The Kier molecular flexibility index (Phi) is 7.14. The van der Waals surface area contributed by atoms with Gasteiger partial charge < -0.3 is 20.3 Å². The van der Waals surface area contributed by atoms with Crippen molar-refractivity contribution in [3.05, 3.63) is 58.9 Å². The molecule has 2 aromatic rings. The summed E-state index contributed by atoms with van der Waals surface area (Å²) in [5.41, 5.74) is 1.19. The first-order valence-corrected chi connectivity index (χ1v) is 11.2. The highest BCUT2D eigenvalue weighted by Gasteiger charge is 2.40. The van der Waals surface area contributed by atoms with Crippen molar-refractivity contribution in [1.82, 2.24) is 10.2 Å². The summed E-state index contributed by atoms with van der Waals surface area (Å²) in [5, 5.41) is 8.13. The molecule has 1 saturated heterocycles. The van der Waals surface area contributed by atoms with Gasteiger partial charge in [0.2, 0.25) is 0 Å². The van der Waals surface area contributed by atoms with E-state index in [1.54, 1.807) is 25.3 Å². The maximum Gasteiger partial charge on any atom is 0.174 e. The number of piperidine rings is 1. The summed E-state index contributed by atoms with van der Waals surface area (Å²) in [7, 11) is 1.59. The molecular formula is C24H31ClFN3OS. The quantitative estimate of drug-likeness (QED) is 0.532. The van der Waals surface area contributed by atoms with Gasteiger partial charge in [-0.3, -0.25) is 0 Å². The van der Waals surface area contributed by atoms with E-state index in [1.807, 2.05) is 18.2 Å². The Morgan fingerprint density at radius 1 is 1.19 bits per heavy atom. The third-order valence-electron chi connectivity index (χ3n) is 5.57. The van der Waals surface area contributed by atoms with Gasteiger partial charge in [0, 0.05) is 40.3 Å². The van der Waals surface area contributed by atoms with Crippen molar-refractivity contribution in [3.8, 4) is 5.75 Å². The summed E-state index contributed by atoms with van der Waals surface area (Å²) < 4.78 is 20.0. The standard InChI is InChI=1S/C24H31ClFN3OS/c1-23(2)13-18(14-24(3,4)28-23)29(15-16-8-6-7-9-19(16)26)22(31)27-20-11-10-17(25)12-21(20)30-5/h6-12,18,28H,13-15H2,1-5H3,(H,27,31). The van der Waals surface area contributed by atoms with Crippen LogP contribution in [0.15, 0.2) is 42.5 Å². The summed E-state index contributed by atoms with van der Waals surface area (Å²) in [6, 6.07) is 12.3. The number of nitrogens with one attached hydrogen (secondary N) is 2. The molecule has 0 atom stereocenters. The van der Waals surface area contributed by atoms with Gasteiger partial charge in [-0.1, -0.05) is 29.8 Å². The minimum absolute atomic E-state index is 0.0759. The molecule has 2 aromatic carbocycles. The number of rotatable bonds is 5. The Balaban J connectivity index is 1.93. The van der Waals surface area contributed by atoms with Crippen LogP contribution in [0.3, 0.4) is 0 Å². The molecule has 1 aliphatic rings. The third kappa shape index (κ3) is 6.09. The van der Waals surface area contributed by atoms with E-state index >= 15 is 0 Å². The lowest BCUT2D eigenvalue weighted by molar-refractivity contribution is 0.101. The topological polar surface area (TPSA) is 36.5 Å². The Hall–Kier alpha value is -1.89. The van der Waals surface area contributed by atoms with E-state index in [9.17, 15) is 4.39 Å². The van der Waals surface area contributed by atoms with Crippen LogP contribution < -0.4 is 15.4 Å². The van der Waals surface area contributed by atoms with Gasteiger partial charge in [-0.2, -0.15) is 0 Å². The molecule has 1 aliphatic heterocycles. The van der Waals surface area contributed by atoms with Crippen molar-refractivity contribution < 1.29 is 9.13 Å². The van der Waals surface area contributed by atoms with Crippen LogP contribution in [0.2, 0.25) is 5.02 Å². The van der Waals surface area contributed by atoms with Crippen LogP contribution in [0.25, 0.3) is 0 Å². The number of hydrogen-bond donors (Lipinski definition) is 2. The molecule has 0 bridgehead atoms. The van der Waals surface area contributed by atoms with E-state index in [2.05, 4.69) is 43.2 Å². The van der Waals surface area contributed by atoms with Crippen molar-refractivity contribution in [3.63, 3.8) is 0 Å². The van der Waals surface area contributed by atoms with Gasteiger partial charge >= 0.3 is 0 Å². The SMILES string of the molecule is COc1cc(Cl)ccc1NC(=S)N(Cc1ccccc1F)C1CC(C)(C)NC(C)(C)C1. The van der Waals surface area contributed by atoms with Crippen LogP contribution in [-0.4, -0.2) is 34.2 Å². The summed E-state index contributed by atoms with van der Waals surface area (Å²) >= 11 is 12.0. The van der Waals surface area contributed by atoms with E-state index < -0.39 is 0 Å². The van der Waals surface area contributed by atoms with Crippen LogP contribution in [0.1, 0.15) is 46.1 Å². The molecule has 0 spiro atoms. The van der Waals surface area contributed by atoms with Crippen molar-refractivity contribution in [2.75, 3.05) is 12.4 Å². The first kappa shape index (κ1) is 23.8. The molecule has 4 nitrogen and oxygen atoms in total. The van der Waals surface area contributed by atoms with Gasteiger partial charge in [0.25, 0.3) is 0 Å². The first-order chi connectivity index (χ1) is 14.5. The summed E-state index contributed by atoms with van der Waals surface area (Å²) in [6.07, 6.45) is 1.76. The summed E-state index contributed by atoms with van der Waals surface area (Å²) in [4.78, 5) is 2.10. The van der Waals surface area contributed by atoms with E-state index in [0.29, 0.717) is 28.0 Å². The fourth-order valence-electron chi connectivity index (χ4n) is 4.62. The van der Waals surface area contributed by atoms with Crippen molar-refractivity contribution in [1.29, 1.82) is 0 Å². The molecule has 7 heteroatoms. The Morgan fingerprint density at radius 3 is 2.45 bits per heavy atom. The minimum atomic E-state index is -0.230. The number of anilines is 1. The number of benzene rings is 2. The second kappa shape index (κ2) is 9.31. The van der Waals surface area contributed by atoms with Gasteiger partial charge in [-0.25, -0.2) is 4.39 Å². The van der Waals surface area contributed by atoms with Gasteiger partial charge in [-0.05, 0) is 71.0 Å². The molecule has 0 unspecified atom stereocenters. The molecule has 0 saturated carbocycles. The predicted molar refractivity (Wildman–Crippen MR) is 130 cm³/mol. The Morgan fingerprint density at radius 2 is 1.84 bits per heavy atom. The van der Waals surface area contributed by atoms with E-state index in [-0.39, 0.29) is 22.9 Å². The lowest BCUT2D eigenvalue weighted by Crippen LogP contribution is -2.63. The highest BCUT2D eigenvalue weighted by atomic mass is 35.5. The normalized spacial score (nSPS) is 17.8. The van der Waals surface area contributed by atoms with Crippen molar-refractivity contribution >= 4 is 34.6 Å². The average molecular weight is 464 g/mol. The smallest absolute Gasteiger partial charge is 0.174 e. The van der Waals surface area contributed by atoms with Crippen LogP contribution >= 0.6 is 23.8 Å². The highest BCUT2D eigenvalue weighted by Crippen LogP contribution is 2.34. The zero-order valence-electron chi connectivity index (χ0n) is 18.8. The molecule has 2 N–H and O–H groups in total. The minimum Gasteiger partial charge on any atom is -0.495 e. The molecule has 0 aliphatic carbocycles. The lowest BCUT2D eigenvalue weighted by atomic mass is 9.79. The number of thiocarbonyl (C=S) groups is 1. The van der Waals surface area contributed by atoms with Gasteiger partial charge in [0.1, 0.15) is 11.6 Å². The third-order valence-corrected chi connectivity index (χ3v) is 6.15. The second-order valence-electron chi connectivity index (χ2n) is 9.45. The van der Waals surface area contributed by atoms with Crippen LogP contribution in [0.4, 0.5) is 10.1 Å². The molecule has 31 heavy (non-hydrogen) atoms. The maximum atomic E-state index is 14.5. The number of nitrogens with zero attached hydrogens (tertiary/aromatic N) is 1. The molecule has 0 radical (unpaired) electrons. The van der Waals surface area contributed by atoms with Crippen molar-refractivity contribution in [2.24, 2.45) is 0 Å². The summed E-state index contributed by atoms with van der Waals surface area (Å²) in [6.45, 7) is 9.16. The zero-order valence-corrected chi connectivity index (χ0v) is 20.3. The van der Waals surface area contributed by atoms with Crippen LogP contribution in [0, 0.1) is 5.82 Å². The Bertz CT molecular complexity index is 934. The van der Waals surface area contributed by atoms with Crippen molar-refractivity contribution in [2.45, 2.75) is 64.2 Å². The lowest BCUT2D eigenvalue weighted by Gasteiger charge is -2.50. The van der Waals surface area contributed by atoms with Crippen LogP contribution in [-0.2, 0) is 6.54 Å². The largest absolute Gasteiger partial charge is 0.495 e. The molecule has 0 aromatic heterocycles. The number of ether oxygens (including phenoxy) is 1. The fourth-order valence-corrected chi connectivity index (χ4v) is 5.11. The maximum absolute atomic E-state index is 14.5. The van der Waals surface area contributed by atoms with Crippen LogP contribution in [0.5, 0.6) is 5.75 Å². The van der Waals surface area contributed by atoms with Gasteiger partial charge in [0.05, 0.1) is 12.8 Å². The Labute approximate surface area is 195 Å². The highest BCUT2D eigenvalue weighted by molar-refractivity contribution is 7.80. The van der Waals surface area contributed by atoms with Gasteiger partial charge in [-0.15, -0.1) is 0 Å². The molecule has 3 rings (SSSR count).